The molecule has 2 aromatic carbocycles. The molecule has 2 atom stereocenters. The van der Waals surface area contributed by atoms with Gasteiger partial charge < -0.3 is 15.1 Å². The molecule has 2 aromatic heterocycles. The summed E-state index contributed by atoms with van der Waals surface area (Å²) in [5.41, 5.74) is 1.22. The van der Waals surface area contributed by atoms with E-state index in [1.807, 2.05) is 19.9 Å². The molecule has 0 spiro atoms. The van der Waals surface area contributed by atoms with Crippen molar-refractivity contribution in [3.63, 3.8) is 0 Å². The van der Waals surface area contributed by atoms with Gasteiger partial charge >= 0.3 is 0 Å². The number of nitrogens with zero attached hydrogens (tertiary/aromatic N) is 1. The number of hydrogen-bond acceptors (Lipinski definition) is 6. The highest BCUT2D eigenvalue weighted by molar-refractivity contribution is 7.15. The van der Waals surface area contributed by atoms with Crippen molar-refractivity contribution in [1.29, 1.82) is 0 Å². The minimum absolute atomic E-state index is 0.0307. The summed E-state index contributed by atoms with van der Waals surface area (Å²) in [5.74, 6) is -0.791. The zero-order valence-electron chi connectivity index (χ0n) is 19.6. The Morgan fingerprint density at radius 3 is 2.80 bits per heavy atom. The zero-order valence-corrected chi connectivity index (χ0v) is 20.4. The molecule has 5 rings (SSSR count). The van der Waals surface area contributed by atoms with Crippen molar-refractivity contribution in [3.8, 4) is 10.4 Å². The van der Waals surface area contributed by atoms with Gasteiger partial charge in [0.05, 0.1) is 21.7 Å². The van der Waals surface area contributed by atoms with Gasteiger partial charge in [0.2, 0.25) is 5.78 Å². The molecule has 4 aromatic rings. The van der Waals surface area contributed by atoms with Gasteiger partial charge in [-0.3, -0.25) is 9.59 Å². The number of thiazole rings is 1. The lowest BCUT2D eigenvalue weighted by Crippen LogP contribution is -2.65. The first-order valence-electron chi connectivity index (χ1n) is 11.7. The lowest BCUT2D eigenvalue weighted by Gasteiger charge is -2.42. The number of hydrogen-bond donors (Lipinski definition) is 2. The fourth-order valence-electron chi connectivity index (χ4n) is 4.86. The number of rotatable bonds is 6. The molecule has 1 fully saturated rings. The number of piperidine rings is 1. The zero-order chi connectivity index (χ0) is 24.6. The third-order valence-corrected chi connectivity index (χ3v) is 7.84. The maximum atomic E-state index is 14.2. The number of carbonyl (C=O) groups is 2. The Labute approximate surface area is 206 Å². The summed E-state index contributed by atoms with van der Waals surface area (Å²) < 4.78 is 19.0. The number of benzene rings is 2. The van der Waals surface area contributed by atoms with Gasteiger partial charge in [0.25, 0.3) is 5.91 Å². The van der Waals surface area contributed by atoms with E-state index in [4.69, 9.17) is 4.42 Å². The van der Waals surface area contributed by atoms with Crippen LogP contribution in [0, 0.1) is 18.7 Å². The Hall–Kier alpha value is -3.36. The highest BCUT2D eigenvalue weighted by Gasteiger charge is 2.47. The Balaban J connectivity index is 1.48. The van der Waals surface area contributed by atoms with Crippen LogP contribution in [0.25, 0.3) is 21.4 Å². The quantitative estimate of drug-likeness (QED) is 0.354. The number of amides is 1. The number of fused-ring (bicyclic) bond motifs is 1. The smallest absolute Gasteiger partial charge is 0.252 e. The Kier molecular flexibility index (Phi) is 6.25. The minimum atomic E-state index is -1.01. The predicted octanol–water partition coefficient (Wildman–Crippen LogP) is 5.37. The fourth-order valence-corrected chi connectivity index (χ4v) is 5.78. The van der Waals surface area contributed by atoms with Crippen molar-refractivity contribution in [2.75, 3.05) is 13.1 Å². The number of carbonyl (C=O) groups excluding carboxylic acids is 2. The first-order chi connectivity index (χ1) is 16.9. The maximum Gasteiger partial charge on any atom is 0.252 e. The van der Waals surface area contributed by atoms with E-state index in [0.29, 0.717) is 28.3 Å². The molecule has 1 aliphatic rings. The molecule has 1 aliphatic heterocycles. The summed E-state index contributed by atoms with van der Waals surface area (Å²) in [6.45, 7) is 4.67. The van der Waals surface area contributed by atoms with E-state index in [-0.39, 0.29) is 30.0 Å². The summed E-state index contributed by atoms with van der Waals surface area (Å²) in [4.78, 5) is 32.7. The van der Waals surface area contributed by atoms with Gasteiger partial charge in [0.1, 0.15) is 22.6 Å². The molecular formula is C27H26FN3O3S. The first-order valence-corrected chi connectivity index (χ1v) is 12.5. The molecule has 1 saturated heterocycles. The molecule has 0 unspecified atom stereocenters. The van der Waals surface area contributed by atoms with Crippen LogP contribution in [0.15, 0.2) is 59.2 Å². The topological polar surface area (TPSA) is 84.2 Å². The molecule has 0 aliphatic carbocycles. The lowest BCUT2D eigenvalue weighted by atomic mass is 9.74. The van der Waals surface area contributed by atoms with E-state index in [1.165, 1.54) is 23.5 Å². The third-order valence-electron chi connectivity index (χ3n) is 6.82. The van der Waals surface area contributed by atoms with Crippen LogP contribution in [-0.4, -0.2) is 35.3 Å². The van der Waals surface area contributed by atoms with E-state index in [1.54, 1.807) is 36.6 Å². The largest absolute Gasteiger partial charge is 0.464 e. The molecule has 1 amide bonds. The standard InChI is InChI=1S/C27H26FN3O3S/c1-16-5-4-13-30-27(16,15-29-26(33)21-6-3-7-22-20(21)12-14-34-22)25(32)23-24(35-17(2)31-23)18-8-10-19(28)11-9-18/h3,6-12,14,16,30H,4-5,13,15H2,1-2H3,(H,29,33)/t16-,27-/m1/s1. The number of ketones is 1. The average molecular weight is 492 g/mol. The van der Waals surface area contributed by atoms with Crippen LogP contribution in [0.5, 0.6) is 0 Å². The molecule has 0 radical (unpaired) electrons. The third kappa shape index (κ3) is 4.28. The van der Waals surface area contributed by atoms with Crippen LogP contribution in [0.4, 0.5) is 4.39 Å². The van der Waals surface area contributed by atoms with Crippen LogP contribution >= 0.6 is 11.3 Å². The number of nitrogens with one attached hydrogen (secondary N) is 2. The van der Waals surface area contributed by atoms with Gasteiger partial charge in [-0.05, 0) is 68.1 Å². The Bertz CT molecular complexity index is 1390. The number of furan rings is 1. The number of halogens is 1. The molecular weight excluding hydrogens is 465 g/mol. The predicted molar refractivity (Wildman–Crippen MR) is 134 cm³/mol. The highest BCUT2D eigenvalue weighted by Crippen LogP contribution is 2.36. The van der Waals surface area contributed by atoms with Gasteiger partial charge in [-0.15, -0.1) is 11.3 Å². The minimum Gasteiger partial charge on any atom is -0.464 e. The van der Waals surface area contributed by atoms with Crippen LogP contribution in [0.3, 0.4) is 0 Å². The summed E-state index contributed by atoms with van der Waals surface area (Å²) >= 11 is 1.41. The fraction of sp³-hybridized carbons (Fsp3) is 0.296. The number of aromatic nitrogens is 1. The van der Waals surface area contributed by atoms with Crippen LogP contribution in [0.1, 0.15) is 45.6 Å². The second-order valence-corrected chi connectivity index (χ2v) is 10.2. The van der Waals surface area contributed by atoms with E-state index in [2.05, 4.69) is 15.6 Å². The number of aryl methyl sites for hydroxylation is 1. The Morgan fingerprint density at radius 1 is 1.23 bits per heavy atom. The van der Waals surface area contributed by atoms with Crippen molar-refractivity contribution >= 4 is 34.0 Å². The van der Waals surface area contributed by atoms with E-state index < -0.39 is 5.54 Å². The van der Waals surface area contributed by atoms with Crippen LogP contribution < -0.4 is 10.6 Å². The van der Waals surface area contributed by atoms with E-state index >= 15 is 0 Å². The van der Waals surface area contributed by atoms with Crippen molar-refractivity contribution in [2.45, 2.75) is 32.2 Å². The molecule has 2 N–H and O–H groups in total. The van der Waals surface area contributed by atoms with Crippen molar-refractivity contribution < 1.29 is 18.4 Å². The summed E-state index contributed by atoms with van der Waals surface area (Å²) in [5, 5.41) is 7.92. The maximum absolute atomic E-state index is 14.2. The first kappa shape index (κ1) is 23.4. The second-order valence-electron chi connectivity index (χ2n) is 9.01. The van der Waals surface area contributed by atoms with Gasteiger partial charge in [-0.1, -0.05) is 25.1 Å². The summed E-state index contributed by atoms with van der Waals surface area (Å²) in [7, 11) is 0. The van der Waals surface area contributed by atoms with E-state index in [0.717, 1.165) is 28.8 Å². The normalized spacial score (nSPS) is 20.1. The summed E-state index contributed by atoms with van der Waals surface area (Å²) in [6.07, 6.45) is 3.35. The van der Waals surface area contributed by atoms with E-state index in [9.17, 15) is 14.0 Å². The second kappa shape index (κ2) is 9.36. The molecule has 0 saturated carbocycles. The van der Waals surface area contributed by atoms with Gasteiger partial charge in [-0.2, -0.15) is 0 Å². The van der Waals surface area contributed by atoms with Gasteiger partial charge in [0.15, 0.2) is 0 Å². The number of Topliss-reactive ketones (excluding diaryl/α,β-unsaturated/α-hetero) is 1. The molecule has 180 valence electrons. The van der Waals surface area contributed by atoms with Crippen LogP contribution in [-0.2, 0) is 0 Å². The highest BCUT2D eigenvalue weighted by atomic mass is 32.1. The summed E-state index contributed by atoms with van der Waals surface area (Å²) in [6, 6.07) is 13.2. The monoisotopic (exact) mass is 491 g/mol. The van der Waals surface area contributed by atoms with Crippen molar-refractivity contribution in [1.82, 2.24) is 15.6 Å². The average Bonchev–Trinajstić information content (AvgIpc) is 3.50. The van der Waals surface area contributed by atoms with Crippen molar-refractivity contribution in [2.24, 2.45) is 5.92 Å². The SMILES string of the molecule is Cc1nc(C(=O)[C@]2(CNC(=O)c3cccc4occc34)NCCC[C@H]2C)c(-c2ccc(F)cc2)s1. The lowest BCUT2D eigenvalue weighted by molar-refractivity contribution is 0.0700. The van der Waals surface area contributed by atoms with Gasteiger partial charge in [-0.25, -0.2) is 9.37 Å². The molecule has 0 bridgehead atoms. The molecule has 8 heteroatoms. The van der Waals surface area contributed by atoms with Gasteiger partial charge in [0, 0.05) is 11.9 Å². The van der Waals surface area contributed by atoms with Crippen LogP contribution in [0.2, 0.25) is 0 Å². The van der Waals surface area contributed by atoms with Crippen molar-refractivity contribution in [3.05, 3.63) is 76.9 Å². The molecule has 6 nitrogen and oxygen atoms in total. The molecule has 3 heterocycles. The Morgan fingerprint density at radius 2 is 2.03 bits per heavy atom. The molecule has 35 heavy (non-hydrogen) atoms.